The number of methoxy groups -OCH3 is 1. The lowest BCUT2D eigenvalue weighted by Gasteiger charge is -2.15. The molecule has 3 nitrogen and oxygen atoms in total. The molecule has 0 rings (SSSR count). The van der Waals surface area contributed by atoms with Crippen molar-refractivity contribution in [3.63, 3.8) is 0 Å². The van der Waals surface area contributed by atoms with Gasteiger partial charge in [-0.3, -0.25) is 0 Å². The summed E-state index contributed by atoms with van der Waals surface area (Å²) >= 11 is 0. The molecule has 0 aromatic heterocycles. The van der Waals surface area contributed by atoms with E-state index in [0.29, 0.717) is 19.3 Å². The van der Waals surface area contributed by atoms with Gasteiger partial charge in [-0.25, -0.2) is 0 Å². The van der Waals surface area contributed by atoms with Crippen LogP contribution in [0, 0.1) is 0 Å². The molecule has 0 bridgehead atoms. The van der Waals surface area contributed by atoms with Gasteiger partial charge >= 0.3 is 0 Å². The first-order chi connectivity index (χ1) is 6.85. The highest BCUT2D eigenvalue weighted by molar-refractivity contribution is 4.70. The smallest absolute Gasteiger partial charge is 0.0701 e. The lowest BCUT2D eigenvalue weighted by Crippen LogP contribution is -2.30. The Labute approximate surface area is 87.5 Å². The highest BCUT2D eigenvalue weighted by atomic mass is 16.5. The second-order valence-corrected chi connectivity index (χ2v) is 3.27. The molecule has 1 unspecified atom stereocenters. The summed E-state index contributed by atoms with van der Waals surface area (Å²) in [5.74, 6) is 0. The second kappa shape index (κ2) is 10.7. The summed E-state index contributed by atoms with van der Waals surface area (Å²) < 4.78 is 10.3. The lowest BCUT2D eigenvalue weighted by atomic mass is 10.1. The molecular formula is C11H23NO2. The molecule has 0 amide bonds. The normalized spacial score (nSPS) is 12.7. The number of nitrogens with one attached hydrogen (secondary N) is 1. The predicted octanol–water partition coefficient (Wildman–Crippen LogP) is 1.59. The van der Waals surface area contributed by atoms with Crippen LogP contribution < -0.4 is 5.32 Å². The van der Waals surface area contributed by atoms with Gasteiger partial charge in [0, 0.05) is 13.2 Å². The first-order valence-corrected chi connectivity index (χ1v) is 5.20. The summed E-state index contributed by atoms with van der Waals surface area (Å²) in [6.07, 6.45) is 5.34. The van der Waals surface area contributed by atoms with Crippen LogP contribution in [0.1, 0.15) is 19.3 Å². The number of likely N-dealkylation sites (N-methyl/N-ethyl adjacent to an activating group) is 1. The van der Waals surface area contributed by atoms with E-state index in [9.17, 15) is 0 Å². The van der Waals surface area contributed by atoms with Crippen LogP contribution in [0.5, 0.6) is 0 Å². The molecule has 0 aromatic carbocycles. The molecule has 84 valence electrons. The van der Waals surface area contributed by atoms with Crippen molar-refractivity contribution in [3.8, 4) is 0 Å². The molecule has 0 saturated heterocycles. The number of ether oxygens (including phenoxy) is 2. The largest absolute Gasteiger partial charge is 0.382 e. The Kier molecular flexibility index (Phi) is 10.4. The van der Waals surface area contributed by atoms with Crippen molar-refractivity contribution < 1.29 is 9.47 Å². The third-order valence-corrected chi connectivity index (χ3v) is 2.12. The number of hydrogen-bond donors (Lipinski definition) is 1. The van der Waals surface area contributed by atoms with Gasteiger partial charge in [0.15, 0.2) is 0 Å². The number of unbranched alkanes of at least 4 members (excludes halogenated alkanes) is 1. The van der Waals surface area contributed by atoms with Crippen LogP contribution in [-0.2, 0) is 9.47 Å². The second-order valence-electron chi connectivity index (χ2n) is 3.27. The third-order valence-electron chi connectivity index (χ3n) is 2.12. The highest BCUT2D eigenvalue weighted by Crippen LogP contribution is 2.01. The van der Waals surface area contributed by atoms with Crippen molar-refractivity contribution in [2.45, 2.75) is 25.3 Å². The minimum atomic E-state index is 0.451. The minimum absolute atomic E-state index is 0.451. The van der Waals surface area contributed by atoms with E-state index in [1.165, 1.54) is 6.42 Å². The molecule has 1 N–H and O–H groups in total. The van der Waals surface area contributed by atoms with Gasteiger partial charge in [-0.2, -0.15) is 0 Å². The molecule has 14 heavy (non-hydrogen) atoms. The van der Waals surface area contributed by atoms with Gasteiger partial charge in [0.2, 0.25) is 0 Å². The van der Waals surface area contributed by atoms with E-state index in [-0.39, 0.29) is 0 Å². The summed E-state index contributed by atoms with van der Waals surface area (Å²) in [5, 5.41) is 3.24. The number of hydrogen-bond acceptors (Lipinski definition) is 3. The van der Waals surface area contributed by atoms with E-state index in [4.69, 9.17) is 9.47 Å². The zero-order chi connectivity index (χ0) is 10.6. The quantitative estimate of drug-likeness (QED) is 0.430. The van der Waals surface area contributed by atoms with E-state index >= 15 is 0 Å². The van der Waals surface area contributed by atoms with Gasteiger partial charge in [0.25, 0.3) is 0 Å². The maximum atomic E-state index is 5.44. The Morgan fingerprint density at radius 3 is 2.79 bits per heavy atom. The summed E-state index contributed by atoms with van der Waals surface area (Å²) in [7, 11) is 3.65. The number of rotatable bonds is 10. The van der Waals surface area contributed by atoms with Crippen molar-refractivity contribution in [1.82, 2.24) is 5.32 Å². The molecular weight excluding hydrogens is 178 g/mol. The van der Waals surface area contributed by atoms with E-state index in [2.05, 4.69) is 11.9 Å². The summed E-state index contributed by atoms with van der Waals surface area (Å²) in [6, 6.07) is 0.451. The van der Waals surface area contributed by atoms with E-state index < -0.39 is 0 Å². The monoisotopic (exact) mass is 201 g/mol. The molecule has 0 aliphatic rings. The Morgan fingerprint density at radius 1 is 1.43 bits per heavy atom. The highest BCUT2D eigenvalue weighted by Gasteiger charge is 2.04. The third kappa shape index (κ3) is 8.23. The first-order valence-electron chi connectivity index (χ1n) is 5.20. The summed E-state index contributed by atoms with van der Waals surface area (Å²) in [6.45, 7) is 5.81. The van der Waals surface area contributed by atoms with Crippen LogP contribution in [0.25, 0.3) is 0 Å². The van der Waals surface area contributed by atoms with Crippen LogP contribution in [-0.4, -0.2) is 40.0 Å². The maximum Gasteiger partial charge on any atom is 0.0701 e. The fourth-order valence-electron chi connectivity index (χ4n) is 1.19. The van der Waals surface area contributed by atoms with E-state index in [1.54, 1.807) is 7.11 Å². The average Bonchev–Trinajstić information content (AvgIpc) is 2.22. The van der Waals surface area contributed by atoms with Crippen LogP contribution in [0.3, 0.4) is 0 Å². The number of allylic oxidation sites excluding steroid dienone is 1. The van der Waals surface area contributed by atoms with Crippen LogP contribution in [0.15, 0.2) is 12.7 Å². The molecule has 0 spiro atoms. The predicted molar refractivity (Wildman–Crippen MR) is 59.6 cm³/mol. The molecule has 0 aliphatic heterocycles. The van der Waals surface area contributed by atoms with E-state index in [0.717, 1.165) is 19.4 Å². The Hall–Kier alpha value is -0.380. The van der Waals surface area contributed by atoms with Gasteiger partial charge in [0.05, 0.1) is 19.8 Å². The van der Waals surface area contributed by atoms with Crippen molar-refractivity contribution in [2.75, 3.05) is 34.0 Å². The van der Waals surface area contributed by atoms with Crippen molar-refractivity contribution in [3.05, 3.63) is 12.7 Å². The van der Waals surface area contributed by atoms with Crippen molar-refractivity contribution in [2.24, 2.45) is 0 Å². The van der Waals surface area contributed by atoms with Gasteiger partial charge < -0.3 is 14.8 Å². The Morgan fingerprint density at radius 2 is 2.21 bits per heavy atom. The van der Waals surface area contributed by atoms with Gasteiger partial charge in [0.1, 0.15) is 0 Å². The summed E-state index contributed by atoms with van der Waals surface area (Å²) in [5.41, 5.74) is 0. The molecule has 0 aliphatic carbocycles. The van der Waals surface area contributed by atoms with Crippen LogP contribution >= 0.6 is 0 Å². The molecule has 0 saturated carbocycles. The SMILES string of the molecule is C=CCCCC(COCCOC)NC. The first kappa shape index (κ1) is 13.6. The Balaban J connectivity index is 3.33. The fraction of sp³-hybridized carbons (Fsp3) is 0.818. The molecule has 1 atom stereocenters. The minimum Gasteiger partial charge on any atom is -0.382 e. The zero-order valence-electron chi connectivity index (χ0n) is 9.42. The van der Waals surface area contributed by atoms with Gasteiger partial charge in [-0.15, -0.1) is 6.58 Å². The summed E-state index contributed by atoms with van der Waals surface area (Å²) in [4.78, 5) is 0. The molecule has 0 aromatic rings. The standard InChI is InChI=1S/C11H23NO2/c1-4-5-6-7-11(12-2)10-14-9-8-13-3/h4,11-12H,1,5-10H2,2-3H3. The van der Waals surface area contributed by atoms with Gasteiger partial charge in [-0.05, 0) is 26.3 Å². The fourth-order valence-corrected chi connectivity index (χ4v) is 1.19. The van der Waals surface area contributed by atoms with E-state index in [1.807, 2.05) is 13.1 Å². The molecule has 0 heterocycles. The molecule has 0 fully saturated rings. The Bertz CT molecular complexity index is 128. The molecule has 3 heteroatoms. The van der Waals surface area contributed by atoms with Crippen LogP contribution in [0.4, 0.5) is 0 Å². The average molecular weight is 201 g/mol. The van der Waals surface area contributed by atoms with Crippen molar-refractivity contribution >= 4 is 0 Å². The topological polar surface area (TPSA) is 30.5 Å². The maximum absolute atomic E-state index is 5.44. The zero-order valence-corrected chi connectivity index (χ0v) is 9.42. The van der Waals surface area contributed by atoms with Gasteiger partial charge in [-0.1, -0.05) is 6.08 Å². The van der Waals surface area contributed by atoms with Crippen molar-refractivity contribution in [1.29, 1.82) is 0 Å². The molecule has 0 radical (unpaired) electrons. The lowest BCUT2D eigenvalue weighted by molar-refractivity contribution is 0.0583. The van der Waals surface area contributed by atoms with Crippen LogP contribution in [0.2, 0.25) is 0 Å².